The van der Waals surface area contributed by atoms with E-state index < -0.39 is 16.9 Å². The van der Waals surface area contributed by atoms with E-state index in [-0.39, 0.29) is 0 Å². The zero-order chi connectivity index (χ0) is 8.65. The van der Waals surface area contributed by atoms with Gasteiger partial charge in [-0.05, 0) is 0 Å². The van der Waals surface area contributed by atoms with Gasteiger partial charge in [-0.15, -0.1) is 0 Å². The number of aromatic nitrogens is 2. The van der Waals surface area contributed by atoms with Gasteiger partial charge in [0.25, 0.3) is 0 Å². The topological polar surface area (TPSA) is 17.8 Å². The number of alkyl halides is 3. The molecule has 0 aliphatic heterocycles. The summed E-state index contributed by atoms with van der Waals surface area (Å²) < 4.78 is 36.6. The first-order valence-corrected chi connectivity index (χ1v) is 2.98. The average Bonchev–Trinajstić information content (AvgIpc) is 2.11. The predicted octanol–water partition coefficient (Wildman–Crippen LogP) is 1.89. The van der Waals surface area contributed by atoms with Crippen LogP contribution in [-0.4, -0.2) is 9.78 Å². The molecule has 0 atom stereocenters. The molecule has 0 fully saturated rings. The second kappa shape index (κ2) is 2.41. The van der Waals surface area contributed by atoms with Crippen molar-refractivity contribution in [2.75, 3.05) is 0 Å². The van der Waals surface area contributed by atoms with Crippen molar-refractivity contribution in [3.8, 4) is 0 Å². The van der Waals surface area contributed by atoms with Crippen LogP contribution in [0.2, 0.25) is 5.15 Å². The number of hydrogen-bond acceptors (Lipinski definition) is 1. The van der Waals surface area contributed by atoms with Crippen LogP contribution in [0.4, 0.5) is 13.2 Å². The van der Waals surface area contributed by atoms with Crippen LogP contribution < -0.4 is 0 Å². The summed E-state index contributed by atoms with van der Waals surface area (Å²) >= 11 is 5.24. The van der Waals surface area contributed by atoms with E-state index in [0.717, 1.165) is 4.68 Å². The maximum atomic E-state index is 11.9. The predicted molar refractivity (Wildman–Crippen MR) is 32.1 cm³/mol. The highest BCUT2D eigenvalue weighted by Crippen LogP contribution is 2.33. The molecular weight excluding hydrogens is 181 g/mol. The van der Waals surface area contributed by atoms with Gasteiger partial charge in [0.05, 0.1) is 0 Å². The first-order chi connectivity index (χ1) is 4.93. The number of aryl methyl sites for hydroxylation is 1. The standard InChI is InChI=1S/C5H3ClF3N2/c1-11-4(6)3(2-10-11)5(7,8)9/h1H3. The number of hydrogen-bond donors (Lipinski definition) is 0. The summed E-state index contributed by atoms with van der Waals surface area (Å²) in [6.45, 7) is 0. The minimum atomic E-state index is -4.47. The Hall–Kier alpha value is -0.710. The van der Waals surface area contributed by atoms with Crippen LogP contribution in [0.25, 0.3) is 0 Å². The van der Waals surface area contributed by atoms with Gasteiger partial charge in [-0.25, -0.2) is 0 Å². The lowest BCUT2D eigenvalue weighted by molar-refractivity contribution is -0.137. The van der Waals surface area contributed by atoms with Crippen molar-refractivity contribution in [2.45, 2.75) is 6.18 Å². The molecule has 11 heavy (non-hydrogen) atoms. The van der Waals surface area contributed by atoms with Crippen molar-refractivity contribution in [2.24, 2.45) is 7.05 Å². The first-order valence-electron chi connectivity index (χ1n) is 2.60. The van der Waals surface area contributed by atoms with Crippen molar-refractivity contribution in [1.29, 1.82) is 0 Å². The Morgan fingerprint density at radius 3 is 2.27 bits per heavy atom. The zero-order valence-corrected chi connectivity index (χ0v) is 6.16. The molecule has 1 heterocycles. The summed E-state index contributed by atoms with van der Waals surface area (Å²) in [6, 6.07) is 0. The quantitative estimate of drug-likeness (QED) is 0.601. The molecule has 0 saturated heterocycles. The molecule has 61 valence electrons. The van der Waals surface area contributed by atoms with Crippen LogP contribution in [0.1, 0.15) is 5.56 Å². The van der Waals surface area contributed by atoms with Crippen molar-refractivity contribution < 1.29 is 13.2 Å². The summed E-state index contributed by atoms with van der Waals surface area (Å²) in [7, 11) is 1.31. The lowest BCUT2D eigenvalue weighted by Gasteiger charge is -2.01. The van der Waals surface area contributed by atoms with Gasteiger partial charge in [-0.3, -0.25) is 4.68 Å². The van der Waals surface area contributed by atoms with E-state index in [1.54, 1.807) is 6.20 Å². The fourth-order valence-electron chi connectivity index (χ4n) is 0.557. The molecular formula is C5H3ClF3N2. The Morgan fingerprint density at radius 2 is 2.09 bits per heavy atom. The van der Waals surface area contributed by atoms with Gasteiger partial charge in [0, 0.05) is 7.05 Å². The highest BCUT2D eigenvalue weighted by molar-refractivity contribution is 6.30. The molecule has 0 bridgehead atoms. The minimum Gasteiger partial charge on any atom is -0.256 e. The molecule has 0 spiro atoms. The van der Waals surface area contributed by atoms with E-state index in [1.807, 2.05) is 0 Å². The molecule has 0 aliphatic rings. The number of halogens is 4. The number of nitrogens with zero attached hydrogens (tertiary/aromatic N) is 2. The molecule has 0 aliphatic carbocycles. The lowest BCUT2D eigenvalue weighted by atomic mass is 10.4. The van der Waals surface area contributed by atoms with Crippen LogP contribution in [0.5, 0.6) is 0 Å². The molecule has 1 rings (SSSR count). The average molecular weight is 184 g/mol. The Kier molecular flexibility index (Phi) is 1.83. The van der Waals surface area contributed by atoms with Crippen molar-refractivity contribution >= 4 is 11.6 Å². The molecule has 0 aromatic carbocycles. The Bertz CT molecular complexity index is 265. The Labute approximate surface area is 65.6 Å². The fourth-order valence-corrected chi connectivity index (χ4v) is 0.744. The van der Waals surface area contributed by atoms with Crippen LogP contribution in [0, 0.1) is 6.20 Å². The monoisotopic (exact) mass is 183 g/mol. The Balaban J connectivity index is 3.15. The largest absolute Gasteiger partial charge is 0.421 e. The molecule has 0 N–H and O–H groups in total. The van der Waals surface area contributed by atoms with Gasteiger partial charge in [-0.2, -0.15) is 18.3 Å². The maximum absolute atomic E-state index is 11.9. The van der Waals surface area contributed by atoms with Gasteiger partial charge in [0.2, 0.25) is 0 Å². The van der Waals surface area contributed by atoms with Crippen LogP contribution >= 0.6 is 11.6 Å². The summed E-state index contributed by atoms with van der Waals surface area (Å²) in [5.41, 5.74) is -1.03. The minimum absolute atomic E-state index is 0.447. The van der Waals surface area contributed by atoms with Crippen molar-refractivity contribution in [3.63, 3.8) is 0 Å². The third-order valence-electron chi connectivity index (χ3n) is 1.09. The third-order valence-corrected chi connectivity index (χ3v) is 1.52. The smallest absolute Gasteiger partial charge is 0.256 e. The highest BCUT2D eigenvalue weighted by Gasteiger charge is 2.35. The molecule has 1 radical (unpaired) electrons. The van der Waals surface area contributed by atoms with Crippen molar-refractivity contribution in [1.82, 2.24) is 9.78 Å². The lowest BCUT2D eigenvalue weighted by Crippen LogP contribution is -2.04. The zero-order valence-electron chi connectivity index (χ0n) is 5.41. The molecule has 6 heteroatoms. The summed E-state index contributed by atoms with van der Waals surface area (Å²) in [5, 5.41) is 2.78. The van der Waals surface area contributed by atoms with E-state index in [1.165, 1.54) is 7.05 Å². The summed E-state index contributed by atoms with van der Waals surface area (Å²) in [5.74, 6) is 0. The van der Waals surface area contributed by atoms with Crippen molar-refractivity contribution in [3.05, 3.63) is 16.9 Å². The second-order valence-electron chi connectivity index (χ2n) is 1.90. The van der Waals surface area contributed by atoms with Gasteiger partial charge in [0.1, 0.15) is 16.9 Å². The van der Waals surface area contributed by atoms with Gasteiger partial charge >= 0.3 is 6.18 Å². The summed E-state index contributed by atoms with van der Waals surface area (Å²) in [6.07, 6.45) is -2.70. The maximum Gasteiger partial charge on any atom is 0.421 e. The highest BCUT2D eigenvalue weighted by atomic mass is 35.5. The molecule has 0 unspecified atom stereocenters. The van der Waals surface area contributed by atoms with E-state index in [9.17, 15) is 13.2 Å². The Morgan fingerprint density at radius 1 is 1.55 bits per heavy atom. The normalized spacial score (nSPS) is 12.1. The third kappa shape index (κ3) is 1.48. The number of rotatable bonds is 0. The van der Waals surface area contributed by atoms with Gasteiger partial charge in [0.15, 0.2) is 0 Å². The van der Waals surface area contributed by atoms with E-state index in [0.29, 0.717) is 0 Å². The molecule has 0 amide bonds. The molecule has 2 nitrogen and oxygen atoms in total. The molecule has 0 saturated carbocycles. The van der Waals surface area contributed by atoms with Crippen LogP contribution in [-0.2, 0) is 13.2 Å². The first kappa shape index (κ1) is 8.39. The summed E-state index contributed by atoms with van der Waals surface area (Å²) in [4.78, 5) is 0. The molecule has 1 aromatic rings. The second-order valence-corrected chi connectivity index (χ2v) is 2.26. The fraction of sp³-hybridized carbons (Fsp3) is 0.400. The van der Waals surface area contributed by atoms with Crippen LogP contribution in [0.3, 0.4) is 0 Å². The molecule has 1 aromatic heterocycles. The van der Waals surface area contributed by atoms with E-state index >= 15 is 0 Å². The van der Waals surface area contributed by atoms with E-state index in [4.69, 9.17) is 11.6 Å². The SMILES string of the molecule is Cn1n[c]c(C(F)(F)F)c1Cl. The van der Waals surface area contributed by atoms with E-state index in [2.05, 4.69) is 5.10 Å². The van der Waals surface area contributed by atoms with Gasteiger partial charge in [-0.1, -0.05) is 11.6 Å². The van der Waals surface area contributed by atoms with Crippen LogP contribution in [0.15, 0.2) is 0 Å². The van der Waals surface area contributed by atoms with Gasteiger partial charge < -0.3 is 0 Å².